The molecule has 0 saturated heterocycles. The molecule has 2 aromatic rings. The highest BCUT2D eigenvalue weighted by Crippen LogP contribution is 2.28. The Morgan fingerprint density at radius 3 is 2.70 bits per heavy atom. The molecule has 0 spiro atoms. The molecule has 2 rings (SSSR count). The van der Waals surface area contributed by atoms with Crippen molar-refractivity contribution < 1.29 is 4.74 Å². The van der Waals surface area contributed by atoms with Gasteiger partial charge in [0.05, 0.1) is 11.2 Å². The van der Waals surface area contributed by atoms with Gasteiger partial charge in [0.15, 0.2) is 0 Å². The van der Waals surface area contributed by atoms with Gasteiger partial charge in [-0.25, -0.2) is 0 Å². The van der Waals surface area contributed by atoms with Gasteiger partial charge in [-0.2, -0.15) is 0 Å². The lowest BCUT2D eigenvalue weighted by molar-refractivity contribution is 0.169. The van der Waals surface area contributed by atoms with E-state index < -0.39 is 0 Å². The average molecular weight is 291 g/mol. The first-order valence-corrected chi connectivity index (χ1v) is 7.08. The van der Waals surface area contributed by atoms with Crippen molar-refractivity contribution in [3.63, 3.8) is 0 Å². The minimum atomic E-state index is -0.207. The van der Waals surface area contributed by atoms with Crippen molar-refractivity contribution in [2.45, 2.75) is 32.4 Å². The summed E-state index contributed by atoms with van der Waals surface area (Å²) in [5.74, 6) is 0.634. The largest absolute Gasteiger partial charge is 0.482 e. The monoisotopic (exact) mass is 290 g/mol. The number of benzene rings is 1. The minimum Gasteiger partial charge on any atom is -0.482 e. The Hall–Kier alpha value is -1.58. The third-order valence-corrected chi connectivity index (χ3v) is 3.50. The summed E-state index contributed by atoms with van der Waals surface area (Å²) < 4.78 is 6.04. The maximum absolute atomic E-state index is 6.23. The van der Waals surface area contributed by atoms with Crippen LogP contribution < -0.4 is 10.5 Å². The molecule has 0 amide bonds. The molecule has 1 aromatic heterocycles. The van der Waals surface area contributed by atoms with Gasteiger partial charge >= 0.3 is 0 Å². The fraction of sp³-hybridized carbons (Fsp3) is 0.312. The highest BCUT2D eigenvalue weighted by molar-refractivity contribution is 6.30. The second kappa shape index (κ2) is 6.73. The smallest absolute Gasteiger partial charge is 0.140 e. The van der Waals surface area contributed by atoms with Crippen LogP contribution in [0.2, 0.25) is 5.02 Å². The second-order valence-electron chi connectivity index (χ2n) is 4.81. The van der Waals surface area contributed by atoms with Crippen LogP contribution in [0.4, 0.5) is 0 Å². The molecule has 4 heteroatoms. The lowest BCUT2D eigenvalue weighted by atomic mass is 9.97. The van der Waals surface area contributed by atoms with Crippen LogP contribution in [0.5, 0.6) is 5.75 Å². The lowest BCUT2D eigenvalue weighted by Crippen LogP contribution is -2.32. The molecule has 2 atom stereocenters. The molecule has 1 aromatic carbocycles. The maximum Gasteiger partial charge on any atom is 0.140 e. The molecule has 0 radical (unpaired) electrons. The van der Waals surface area contributed by atoms with Crippen molar-refractivity contribution in [1.29, 1.82) is 0 Å². The first-order valence-electron chi connectivity index (χ1n) is 6.70. The lowest BCUT2D eigenvalue weighted by Gasteiger charge is -2.26. The number of ether oxygens (including phenoxy) is 1. The Bertz CT molecular complexity index is 574. The summed E-state index contributed by atoms with van der Waals surface area (Å²) in [5, 5.41) is 0.552. The van der Waals surface area contributed by atoms with Gasteiger partial charge in [-0.1, -0.05) is 42.8 Å². The highest BCUT2D eigenvalue weighted by Gasteiger charge is 2.22. The fourth-order valence-corrected chi connectivity index (χ4v) is 2.27. The molecule has 106 valence electrons. The Balaban J connectivity index is 2.32. The normalized spacial score (nSPS) is 13.8. The molecule has 0 saturated carbocycles. The van der Waals surface area contributed by atoms with Gasteiger partial charge in [-0.05, 0) is 24.5 Å². The summed E-state index contributed by atoms with van der Waals surface area (Å²) in [7, 11) is 0. The predicted octanol–water partition coefficient (Wildman–Crippen LogP) is 3.90. The van der Waals surface area contributed by atoms with E-state index in [0.717, 1.165) is 17.5 Å². The number of aromatic nitrogens is 1. The Kier molecular flexibility index (Phi) is 4.99. The number of hydrogen-bond acceptors (Lipinski definition) is 3. The molecule has 0 aliphatic heterocycles. The Morgan fingerprint density at radius 2 is 2.05 bits per heavy atom. The van der Waals surface area contributed by atoms with E-state index in [-0.39, 0.29) is 12.1 Å². The van der Waals surface area contributed by atoms with Gasteiger partial charge in [0, 0.05) is 18.3 Å². The SMILES string of the molecule is CCC(N)C(Oc1cncc(Cl)c1)c1ccccc1C. The van der Waals surface area contributed by atoms with E-state index in [0.29, 0.717) is 10.8 Å². The average Bonchev–Trinajstić information content (AvgIpc) is 2.45. The van der Waals surface area contributed by atoms with Crippen molar-refractivity contribution >= 4 is 11.6 Å². The first kappa shape index (κ1) is 14.8. The van der Waals surface area contributed by atoms with E-state index in [4.69, 9.17) is 22.1 Å². The van der Waals surface area contributed by atoms with Crippen LogP contribution in [0, 0.1) is 6.92 Å². The van der Waals surface area contributed by atoms with Crippen LogP contribution in [0.1, 0.15) is 30.6 Å². The summed E-state index contributed by atoms with van der Waals surface area (Å²) in [6.45, 7) is 4.11. The molecular formula is C16H19ClN2O. The zero-order valence-corrected chi connectivity index (χ0v) is 12.5. The molecule has 1 heterocycles. The van der Waals surface area contributed by atoms with E-state index in [1.807, 2.05) is 18.2 Å². The predicted molar refractivity (Wildman–Crippen MR) is 82.1 cm³/mol. The quantitative estimate of drug-likeness (QED) is 0.908. The van der Waals surface area contributed by atoms with Crippen molar-refractivity contribution in [3.05, 3.63) is 58.9 Å². The summed E-state index contributed by atoms with van der Waals surface area (Å²) in [6.07, 6.45) is 3.85. The van der Waals surface area contributed by atoms with Crippen molar-refractivity contribution in [1.82, 2.24) is 4.98 Å². The number of rotatable bonds is 5. The van der Waals surface area contributed by atoms with Crippen LogP contribution in [0.15, 0.2) is 42.7 Å². The van der Waals surface area contributed by atoms with E-state index in [1.165, 1.54) is 0 Å². The summed E-state index contributed by atoms with van der Waals surface area (Å²) >= 11 is 5.95. The summed E-state index contributed by atoms with van der Waals surface area (Å²) in [4.78, 5) is 4.04. The Labute approximate surface area is 124 Å². The third-order valence-electron chi connectivity index (χ3n) is 3.30. The molecule has 20 heavy (non-hydrogen) atoms. The second-order valence-corrected chi connectivity index (χ2v) is 5.24. The maximum atomic E-state index is 6.23. The van der Waals surface area contributed by atoms with Crippen LogP contribution in [-0.2, 0) is 0 Å². The van der Waals surface area contributed by atoms with Gasteiger partial charge in [0.25, 0.3) is 0 Å². The number of nitrogens with two attached hydrogens (primary N) is 1. The van der Waals surface area contributed by atoms with Crippen LogP contribution in [0.3, 0.4) is 0 Å². The molecule has 2 unspecified atom stereocenters. The van der Waals surface area contributed by atoms with Gasteiger partial charge in [0.2, 0.25) is 0 Å². The van der Waals surface area contributed by atoms with Crippen LogP contribution in [-0.4, -0.2) is 11.0 Å². The van der Waals surface area contributed by atoms with Gasteiger partial charge < -0.3 is 10.5 Å². The number of pyridine rings is 1. The summed E-state index contributed by atoms with van der Waals surface area (Å²) in [5.41, 5.74) is 8.49. The standard InChI is InChI=1S/C16H19ClN2O/c1-3-15(18)16(14-7-5-4-6-11(14)2)20-13-8-12(17)9-19-10-13/h4-10,15-16H,3,18H2,1-2H3. The zero-order valence-electron chi connectivity index (χ0n) is 11.7. The highest BCUT2D eigenvalue weighted by atomic mass is 35.5. The van der Waals surface area contributed by atoms with Gasteiger partial charge in [-0.15, -0.1) is 0 Å². The molecule has 0 aliphatic rings. The van der Waals surface area contributed by atoms with Crippen molar-refractivity contribution in [3.8, 4) is 5.75 Å². The molecule has 2 N–H and O–H groups in total. The number of aryl methyl sites for hydroxylation is 1. The van der Waals surface area contributed by atoms with E-state index in [1.54, 1.807) is 18.5 Å². The van der Waals surface area contributed by atoms with E-state index in [2.05, 4.69) is 24.9 Å². The van der Waals surface area contributed by atoms with E-state index >= 15 is 0 Å². The number of nitrogens with zero attached hydrogens (tertiary/aromatic N) is 1. The first-order chi connectivity index (χ1) is 9.61. The fourth-order valence-electron chi connectivity index (χ4n) is 2.11. The minimum absolute atomic E-state index is 0.0879. The molecule has 0 fully saturated rings. The molecule has 3 nitrogen and oxygen atoms in total. The number of halogens is 1. The van der Waals surface area contributed by atoms with Gasteiger partial charge in [0.1, 0.15) is 11.9 Å². The summed E-state index contributed by atoms with van der Waals surface area (Å²) in [6, 6.07) is 9.78. The topological polar surface area (TPSA) is 48.1 Å². The van der Waals surface area contributed by atoms with Crippen LogP contribution >= 0.6 is 11.6 Å². The number of hydrogen-bond donors (Lipinski definition) is 1. The van der Waals surface area contributed by atoms with Crippen molar-refractivity contribution in [2.24, 2.45) is 5.73 Å². The van der Waals surface area contributed by atoms with Gasteiger partial charge in [-0.3, -0.25) is 4.98 Å². The van der Waals surface area contributed by atoms with Crippen LogP contribution in [0.25, 0.3) is 0 Å². The Morgan fingerprint density at radius 1 is 1.30 bits per heavy atom. The molecule has 0 bridgehead atoms. The molecular weight excluding hydrogens is 272 g/mol. The molecule has 0 aliphatic carbocycles. The third kappa shape index (κ3) is 3.50. The van der Waals surface area contributed by atoms with Crippen molar-refractivity contribution in [2.75, 3.05) is 0 Å². The zero-order chi connectivity index (χ0) is 14.5. The van der Waals surface area contributed by atoms with E-state index in [9.17, 15) is 0 Å².